The van der Waals surface area contributed by atoms with E-state index in [9.17, 15) is 0 Å². The number of aromatic nitrogens is 1. The molecule has 0 saturated carbocycles. The van der Waals surface area contributed by atoms with Crippen molar-refractivity contribution >= 4 is 5.82 Å². The molecule has 1 aliphatic rings. The van der Waals surface area contributed by atoms with Crippen molar-refractivity contribution in [3.8, 4) is 5.75 Å². The van der Waals surface area contributed by atoms with E-state index in [4.69, 9.17) is 4.74 Å². The van der Waals surface area contributed by atoms with E-state index in [0.29, 0.717) is 6.61 Å². The highest BCUT2D eigenvalue weighted by Gasteiger charge is 2.11. The van der Waals surface area contributed by atoms with Gasteiger partial charge in [-0.15, -0.1) is 0 Å². The third-order valence-corrected chi connectivity index (χ3v) is 3.86. The van der Waals surface area contributed by atoms with Crippen molar-refractivity contribution in [2.45, 2.75) is 39.2 Å². The molecule has 1 aromatic heterocycles. The number of pyridine rings is 1. The van der Waals surface area contributed by atoms with E-state index in [2.05, 4.69) is 41.5 Å². The SMILES string of the molecule is CCCNc1ccc(COc2ccc3c(c2)CCC3)cn1. The van der Waals surface area contributed by atoms with Gasteiger partial charge in [0.1, 0.15) is 18.2 Å². The molecule has 1 heterocycles. The van der Waals surface area contributed by atoms with Crippen molar-refractivity contribution in [2.24, 2.45) is 0 Å². The Morgan fingerprint density at radius 1 is 1.14 bits per heavy atom. The number of nitrogens with one attached hydrogen (secondary N) is 1. The number of ether oxygens (including phenoxy) is 1. The van der Waals surface area contributed by atoms with E-state index in [0.717, 1.165) is 30.1 Å². The zero-order valence-corrected chi connectivity index (χ0v) is 12.6. The molecular weight excluding hydrogens is 260 g/mol. The number of fused-ring (bicyclic) bond motifs is 1. The molecule has 1 aromatic carbocycles. The molecular formula is C18H22N2O. The van der Waals surface area contributed by atoms with E-state index in [1.165, 1.54) is 30.4 Å². The fraction of sp³-hybridized carbons (Fsp3) is 0.389. The van der Waals surface area contributed by atoms with Crippen LogP contribution in [-0.4, -0.2) is 11.5 Å². The highest BCUT2D eigenvalue weighted by Crippen LogP contribution is 2.26. The zero-order valence-electron chi connectivity index (χ0n) is 12.6. The summed E-state index contributed by atoms with van der Waals surface area (Å²) in [5, 5.41) is 3.27. The van der Waals surface area contributed by atoms with Crippen LogP contribution in [0.1, 0.15) is 36.5 Å². The van der Waals surface area contributed by atoms with Crippen molar-refractivity contribution in [3.63, 3.8) is 0 Å². The molecule has 1 aliphatic carbocycles. The van der Waals surface area contributed by atoms with Crippen molar-refractivity contribution < 1.29 is 4.74 Å². The van der Waals surface area contributed by atoms with Crippen LogP contribution in [0.5, 0.6) is 5.75 Å². The summed E-state index contributed by atoms with van der Waals surface area (Å²) in [4.78, 5) is 4.40. The van der Waals surface area contributed by atoms with Crippen LogP contribution < -0.4 is 10.1 Å². The van der Waals surface area contributed by atoms with E-state index in [-0.39, 0.29) is 0 Å². The Labute approximate surface area is 126 Å². The van der Waals surface area contributed by atoms with Crippen LogP contribution in [0, 0.1) is 0 Å². The minimum atomic E-state index is 0.569. The van der Waals surface area contributed by atoms with E-state index >= 15 is 0 Å². The zero-order chi connectivity index (χ0) is 14.5. The fourth-order valence-corrected chi connectivity index (χ4v) is 2.67. The number of hydrogen-bond acceptors (Lipinski definition) is 3. The maximum atomic E-state index is 5.88. The maximum absolute atomic E-state index is 5.88. The molecule has 0 unspecified atom stereocenters. The summed E-state index contributed by atoms with van der Waals surface area (Å²) in [6.45, 7) is 3.67. The van der Waals surface area contributed by atoms with Crippen LogP contribution in [0.15, 0.2) is 36.5 Å². The molecule has 21 heavy (non-hydrogen) atoms. The third-order valence-electron chi connectivity index (χ3n) is 3.86. The highest BCUT2D eigenvalue weighted by molar-refractivity contribution is 5.39. The van der Waals surface area contributed by atoms with Gasteiger partial charge in [0, 0.05) is 18.3 Å². The summed E-state index contributed by atoms with van der Waals surface area (Å²) in [7, 11) is 0. The van der Waals surface area contributed by atoms with Crippen LogP contribution in [-0.2, 0) is 19.4 Å². The summed E-state index contributed by atoms with van der Waals surface area (Å²) in [6.07, 6.45) is 6.66. The lowest BCUT2D eigenvalue weighted by molar-refractivity contribution is 0.305. The molecule has 0 atom stereocenters. The lowest BCUT2D eigenvalue weighted by Crippen LogP contribution is -2.02. The van der Waals surface area contributed by atoms with Gasteiger partial charge in [-0.1, -0.05) is 19.1 Å². The number of hydrogen-bond donors (Lipinski definition) is 1. The van der Waals surface area contributed by atoms with E-state index in [1.54, 1.807) is 0 Å². The summed E-state index contributed by atoms with van der Waals surface area (Å²) in [5.41, 5.74) is 4.03. The first kappa shape index (κ1) is 13.9. The normalized spacial score (nSPS) is 13.0. The Balaban J connectivity index is 1.57. The second-order valence-electron chi connectivity index (χ2n) is 5.55. The average Bonchev–Trinajstić information content (AvgIpc) is 2.99. The Morgan fingerprint density at radius 3 is 2.86 bits per heavy atom. The first-order chi connectivity index (χ1) is 10.3. The van der Waals surface area contributed by atoms with Gasteiger partial charge < -0.3 is 10.1 Å². The predicted octanol–water partition coefficient (Wildman–Crippen LogP) is 3.97. The lowest BCUT2D eigenvalue weighted by atomic mass is 10.1. The molecule has 0 bridgehead atoms. The third kappa shape index (κ3) is 3.54. The largest absolute Gasteiger partial charge is 0.489 e. The van der Waals surface area contributed by atoms with Gasteiger partial charge >= 0.3 is 0 Å². The summed E-state index contributed by atoms with van der Waals surface area (Å²) >= 11 is 0. The number of rotatable bonds is 6. The number of anilines is 1. The molecule has 3 heteroatoms. The fourth-order valence-electron chi connectivity index (χ4n) is 2.67. The van der Waals surface area contributed by atoms with Gasteiger partial charge in [-0.3, -0.25) is 0 Å². The van der Waals surface area contributed by atoms with Gasteiger partial charge in [0.05, 0.1) is 0 Å². The molecule has 2 aromatic rings. The number of aryl methyl sites for hydroxylation is 2. The molecule has 0 fully saturated rings. The number of benzene rings is 1. The lowest BCUT2D eigenvalue weighted by Gasteiger charge is -2.09. The summed E-state index contributed by atoms with van der Waals surface area (Å²) in [5.74, 6) is 1.89. The van der Waals surface area contributed by atoms with Gasteiger partial charge in [-0.2, -0.15) is 0 Å². The second-order valence-corrected chi connectivity index (χ2v) is 5.55. The standard InChI is InChI=1S/C18H22N2O/c1-2-10-19-18-9-6-14(12-20-18)13-21-17-8-7-15-4-3-5-16(15)11-17/h6-9,11-12H,2-5,10,13H2,1H3,(H,19,20). The summed E-state index contributed by atoms with van der Waals surface area (Å²) < 4.78 is 5.88. The second kappa shape index (κ2) is 6.61. The van der Waals surface area contributed by atoms with E-state index in [1.807, 2.05) is 12.3 Å². The quantitative estimate of drug-likeness (QED) is 0.870. The first-order valence-corrected chi connectivity index (χ1v) is 7.78. The smallest absolute Gasteiger partial charge is 0.125 e. The Bertz CT molecular complexity index is 593. The predicted molar refractivity (Wildman–Crippen MR) is 85.8 cm³/mol. The molecule has 1 N–H and O–H groups in total. The van der Waals surface area contributed by atoms with Crippen LogP contribution in [0.2, 0.25) is 0 Å². The maximum Gasteiger partial charge on any atom is 0.125 e. The Kier molecular flexibility index (Phi) is 4.39. The van der Waals surface area contributed by atoms with Crippen LogP contribution in [0.25, 0.3) is 0 Å². The minimum absolute atomic E-state index is 0.569. The molecule has 0 radical (unpaired) electrons. The van der Waals surface area contributed by atoms with Crippen molar-refractivity contribution in [2.75, 3.05) is 11.9 Å². The average molecular weight is 282 g/mol. The molecule has 0 aliphatic heterocycles. The van der Waals surface area contributed by atoms with Gasteiger partial charge in [0.2, 0.25) is 0 Å². The monoisotopic (exact) mass is 282 g/mol. The Hall–Kier alpha value is -2.03. The molecule has 0 spiro atoms. The van der Waals surface area contributed by atoms with Crippen LogP contribution in [0.3, 0.4) is 0 Å². The van der Waals surface area contributed by atoms with Crippen molar-refractivity contribution in [1.82, 2.24) is 4.98 Å². The van der Waals surface area contributed by atoms with Crippen LogP contribution in [0.4, 0.5) is 5.82 Å². The first-order valence-electron chi connectivity index (χ1n) is 7.78. The minimum Gasteiger partial charge on any atom is -0.489 e. The van der Waals surface area contributed by atoms with Gasteiger partial charge in [-0.05, 0) is 55.0 Å². The molecule has 3 rings (SSSR count). The van der Waals surface area contributed by atoms with Gasteiger partial charge in [-0.25, -0.2) is 4.98 Å². The molecule has 0 amide bonds. The highest BCUT2D eigenvalue weighted by atomic mass is 16.5. The van der Waals surface area contributed by atoms with Gasteiger partial charge in [0.25, 0.3) is 0 Å². The van der Waals surface area contributed by atoms with E-state index < -0.39 is 0 Å². The molecule has 110 valence electrons. The topological polar surface area (TPSA) is 34.1 Å². The van der Waals surface area contributed by atoms with Crippen molar-refractivity contribution in [1.29, 1.82) is 0 Å². The summed E-state index contributed by atoms with van der Waals surface area (Å²) in [6, 6.07) is 10.5. The van der Waals surface area contributed by atoms with Crippen molar-refractivity contribution in [3.05, 3.63) is 53.2 Å². The number of nitrogens with zero attached hydrogens (tertiary/aromatic N) is 1. The van der Waals surface area contributed by atoms with Gasteiger partial charge in [0.15, 0.2) is 0 Å². The Morgan fingerprint density at radius 2 is 2.05 bits per heavy atom. The van der Waals surface area contributed by atoms with Crippen LogP contribution >= 0.6 is 0 Å². The molecule has 3 nitrogen and oxygen atoms in total. The molecule has 0 saturated heterocycles.